The van der Waals surface area contributed by atoms with Crippen LogP contribution in [0.4, 0.5) is 0 Å². The van der Waals surface area contributed by atoms with Gasteiger partial charge in [0.15, 0.2) is 0 Å². The number of carbonyl (C=O) groups excluding carboxylic acids is 1. The Balaban J connectivity index is 2.94. The molecule has 3 heteroatoms. The number of benzene rings is 1. The molecule has 0 unspecified atom stereocenters. The summed E-state index contributed by atoms with van der Waals surface area (Å²) in [6.45, 7) is 5.61. The van der Waals surface area contributed by atoms with Crippen LogP contribution >= 0.6 is 0 Å². The second-order valence-corrected chi connectivity index (χ2v) is 3.10. The minimum atomic E-state index is -1.94. The molecule has 0 heterocycles. The monoisotopic (exact) mass is 192 g/mol. The normalized spacial score (nSPS) is 10.3. The molecule has 1 rings (SSSR count). The fraction of sp³-hybridized carbons (Fsp3) is 0.182. The van der Waals surface area contributed by atoms with E-state index in [0.717, 1.165) is 11.1 Å². The second-order valence-electron chi connectivity index (χ2n) is 3.10. The van der Waals surface area contributed by atoms with Crippen LogP contribution in [-0.2, 0) is 0 Å². The summed E-state index contributed by atoms with van der Waals surface area (Å²) in [6.07, 6.45) is -1.94. The van der Waals surface area contributed by atoms with Crippen LogP contribution < -0.4 is 0 Å². The summed E-state index contributed by atoms with van der Waals surface area (Å²) < 4.78 is 0. The Morgan fingerprint density at radius 1 is 1.21 bits per heavy atom. The fourth-order valence-electron chi connectivity index (χ4n) is 1.07. The van der Waals surface area contributed by atoms with Gasteiger partial charge in [-0.15, -0.1) is 0 Å². The zero-order chi connectivity index (χ0) is 10.7. The van der Waals surface area contributed by atoms with Crippen LogP contribution in [-0.4, -0.2) is 22.3 Å². The first-order valence-corrected chi connectivity index (χ1v) is 4.18. The molecule has 0 aliphatic rings. The Morgan fingerprint density at radius 3 is 2.00 bits per heavy atom. The summed E-state index contributed by atoms with van der Waals surface area (Å²) in [7, 11) is 0. The molecule has 0 saturated heterocycles. The number of carbonyl (C=O) groups is 1. The minimum absolute atomic E-state index is 0.282. The number of hydrogen-bond donors (Lipinski definition) is 2. The highest BCUT2D eigenvalue weighted by molar-refractivity contribution is 5.98. The SMILES string of the molecule is C=C(C)c1ccc(C(=O)C(O)O)cc1. The van der Waals surface area contributed by atoms with Crippen LogP contribution in [0.5, 0.6) is 0 Å². The van der Waals surface area contributed by atoms with E-state index in [1.807, 2.05) is 6.92 Å². The number of ketones is 1. The highest BCUT2D eigenvalue weighted by atomic mass is 16.5. The fourth-order valence-corrected chi connectivity index (χ4v) is 1.07. The van der Waals surface area contributed by atoms with E-state index in [1.165, 1.54) is 0 Å². The Hall–Kier alpha value is -1.45. The van der Waals surface area contributed by atoms with Crippen molar-refractivity contribution in [1.29, 1.82) is 0 Å². The highest BCUT2D eigenvalue weighted by Gasteiger charge is 2.12. The zero-order valence-corrected chi connectivity index (χ0v) is 7.90. The average molecular weight is 192 g/mol. The molecule has 74 valence electrons. The first-order valence-electron chi connectivity index (χ1n) is 4.18. The first-order chi connectivity index (χ1) is 6.52. The summed E-state index contributed by atoms with van der Waals surface area (Å²) in [5, 5.41) is 17.3. The lowest BCUT2D eigenvalue weighted by molar-refractivity contribution is -0.0195. The first kappa shape index (κ1) is 10.6. The topological polar surface area (TPSA) is 57.5 Å². The van der Waals surface area contributed by atoms with Crippen molar-refractivity contribution in [2.45, 2.75) is 13.2 Å². The predicted octanol–water partition coefficient (Wildman–Crippen LogP) is 1.21. The largest absolute Gasteiger partial charge is 0.362 e. The van der Waals surface area contributed by atoms with E-state index in [0.29, 0.717) is 0 Å². The number of Topliss-reactive ketones (excluding diaryl/α,β-unsaturated/α-hetero) is 1. The standard InChI is InChI=1S/C11H12O3/c1-7(2)8-3-5-9(6-4-8)10(12)11(13)14/h3-6,11,13-14H,1H2,2H3. The smallest absolute Gasteiger partial charge is 0.218 e. The van der Waals surface area contributed by atoms with Crippen molar-refractivity contribution in [3.63, 3.8) is 0 Å². The van der Waals surface area contributed by atoms with Gasteiger partial charge in [0.05, 0.1) is 0 Å². The van der Waals surface area contributed by atoms with Crippen molar-refractivity contribution in [1.82, 2.24) is 0 Å². The summed E-state index contributed by atoms with van der Waals surface area (Å²) in [6, 6.07) is 6.54. The molecule has 0 bridgehead atoms. The molecule has 0 aromatic heterocycles. The van der Waals surface area contributed by atoms with Crippen LogP contribution in [0, 0.1) is 0 Å². The molecular formula is C11H12O3. The number of rotatable bonds is 3. The zero-order valence-electron chi connectivity index (χ0n) is 7.90. The quantitative estimate of drug-likeness (QED) is 0.559. The Kier molecular flexibility index (Phi) is 3.17. The minimum Gasteiger partial charge on any atom is -0.362 e. The third-order valence-corrected chi connectivity index (χ3v) is 1.90. The van der Waals surface area contributed by atoms with Gasteiger partial charge < -0.3 is 10.2 Å². The van der Waals surface area contributed by atoms with Crippen LogP contribution in [0.3, 0.4) is 0 Å². The van der Waals surface area contributed by atoms with Gasteiger partial charge in [-0.1, -0.05) is 36.4 Å². The third-order valence-electron chi connectivity index (χ3n) is 1.90. The summed E-state index contributed by atoms with van der Waals surface area (Å²) in [4.78, 5) is 11.1. The highest BCUT2D eigenvalue weighted by Crippen LogP contribution is 2.13. The Morgan fingerprint density at radius 2 is 1.64 bits per heavy atom. The number of aliphatic hydroxyl groups excluding tert-OH is 1. The van der Waals surface area contributed by atoms with Crippen LogP contribution in [0.1, 0.15) is 22.8 Å². The molecule has 1 aromatic carbocycles. The lowest BCUT2D eigenvalue weighted by Gasteiger charge is -2.04. The van der Waals surface area contributed by atoms with Gasteiger partial charge in [0.25, 0.3) is 0 Å². The molecule has 3 nitrogen and oxygen atoms in total. The van der Waals surface area contributed by atoms with E-state index in [1.54, 1.807) is 24.3 Å². The molecule has 14 heavy (non-hydrogen) atoms. The molecule has 0 radical (unpaired) electrons. The van der Waals surface area contributed by atoms with E-state index in [-0.39, 0.29) is 5.56 Å². The molecule has 0 fully saturated rings. The molecular weight excluding hydrogens is 180 g/mol. The molecule has 0 atom stereocenters. The van der Waals surface area contributed by atoms with Gasteiger partial charge in [-0.05, 0) is 12.5 Å². The summed E-state index contributed by atoms with van der Waals surface area (Å²) in [5.74, 6) is -0.696. The van der Waals surface area contributed by atoms with E-state index >= 15 is 0 Å². The van der Waals surface area contributed by atoms with Gasteiger partial charge in [-0.3, -0.25) is 4.79 Å². The van der Waals surface area contributed by atoms with Gasteiger partial charge in [0, 0.05) is 5.56 Å². The Labute approximate surface area is 82.3 Å². The molecule has 1 aromatic rings. The molecule has 2 N–H and O–H groups in total. The predicted molar refractivity (Wildman–Crippen MR) is 53.7 cm³/mol. The van der Waals surface area contributed by atoms with E-state index in [2.05, 4.69) is 6.58 Å². The van der Waals surface area contributed by atoms with E-state index in [4.69, 9.17) is 10.2 Å². The number of aliphatic hydroxyl groups is 2. The van der Waals surface area contributed by atoms with Gasteiger partial charge in [-0.25, -0.2) is 0 Å². The maximum atomic E-state index is 11.1. The molecule has 0 saturated carbocycles. The summed E-state index contributed by atoms with van der Waals surface area (Å²) in [5.41, 5.74) is 2.10. The molecule has 0 aliphatic carbocycles. The van der Waals surface area contributed by atoms with Crippen molar-refractivity contribution in [2.75, 3.05) is 0 Å². The number of hydrogen-bond acceptors (Lipinski definition) is 3. The third kappa shape index (κ3) is 2.28. The molecule has 0 spiro atoms. The van der Waals surface area contributed by atoms with Crippen molar-refractivity contribution in [2.24, 2.45) is 0 Å². The van der Waals surface area contributed by atoms with Crippen LogP contribution in [0.2, 0.25) is 0 Å². The van der Waals surface area contributed by atoms with Crippen LogP contribution in [0.25, 0.3) is 5.57 Å². The van der Waals surface area contributed by atoms with Crippen LogP contribution in [0.15, 0.2) is 30.8 Å². The van der Waals surface area contributed by atoms with E-state index < -0.39 is 12.1 Å². The molecule has 0 amide bonds. The maximum Gasteiger partial charge on any atom is 0.218 e. The van der Waals surface area contributed by atoms with Crippen molar-refractivity contribution in [3.8, 4) is 0 Å². The lowest BCUT2D eigenvalue weighted by Crippen LogP contribution is -2.19. The van der Waals surface area contributed by atoms with Crippen molar-refractivity contribution >= 4 is 11.4 Å². The average Bonchev–Trinajstić information content (AvgIpc) is 2.16. The van der Waals surface area contributed by atoms with Gasteiger partial charge in [0.1, 0.15) is 0 Å². The van der Waals surface area contributed by atoms with E-state index in [9.17, 15) is 4.79 Å². The summed E-state index contributed by atoms with van der Waals surface area (Å²) >= 11 is 0. The van der Waals surface area contributed by atoms with Gasteiger partial charge in [-0.2, -0.15) is 0 Å². The van der Waals surface area contributed by atoms with Crippen molar-refractivity contribution < 1.29 is 15.0 Å². The van der Waals surface area contributed by atoms with Crippen molar-refractivity contribution in [3.05, 3.63) is 42.0 Å². The lowest BCUT2D eigenvalue weighted by atomic mass is 10.0. The second kappa shape index (κ2) is 4.17. The van der Waals surface area contributed by atoms with Gasteiger partial charge in [0.2, 0.25) is 12.1 Å². The van der Waals surface area contributed by atoms with Gasteiger partial charge >= 0.3 is 0 Å². The maximum absolute atomic E-state index is 11.1. The molecule has 0 aliphatic heterocycles. The number of allylic oxidation sites excluding steroid dienone is 1. The Bertz CT molecular complexity index is 349.